The number of nitrogens with zero attached hydrogens (tertiary/aromatic N) is 3. The molecule has 17 heavy (non-hydrogen) atoms. The third kappa shape index (κ3) is 2.47. The van der Waals surface area contributed by atoms with Gasteiger partial charge in [-0.3, -0.25) is 4.79 Å². The summed E-state index contributed by atoms with van der Waals surface area (Å²) in [6.45, 7) is 6.73. The van der Waals surface area contributed by atoms with Crippen molar-refractivity contribution in [3.63, 3.8) is 0 Å². The average Bonchev–Trinajstić information content (AvgIpc) is 2.82. The predicted octanol–water partition coefficient (Wildman–Crippen LogP) is 1.26. The minimum atomic E-state index is -0.758. The van der Waals surface area contributed by atoms with Crippen molar-refractivity contribution in [2.45, 2.75) is 38.7 Å². The molecule has 0 radical (unpaired) electrons. The molecule has 1 atom stereocenters. The van der Waals surface area contributed by atoms with E-state index in [0.29, 0.717) is 24.4 Å². The number of β-amino-alcohol motifs (C(OH)–C–C–N with tert-alkyl or cyclic N) is 1. The number of rotatable bonds is 2. The van der Waals surface area contributed by atoms with Crippen LogP contribution >= 0.6 is 11.5 Å². The predicted molar refractivity (Wildman–Crippen MR) is 65.1 cm³/mol. The molecule has 94 valence electrons. The van der Waals surface area contributed by atoms with Crippen LogP contribution in [0.25, 0.3) is 0 Å². The second-order valence-corrected chi connectivity index (χ2v) is 5.87. The first kappa shape index (κ1) is 12.4. The lowest BCUT2D eigenvalue weighted by Crippen LogP contribution is -2.34. The minimum Gasteiger partial charge on any atom is -0.388 e. The van der Waals surface area contributed by atoms with Gasteiger partial charge in [0.1, 0.15) is 4.88 Å². The van der Waals surface area contributed by atoms with Crippen molar-refractivity contribution in [2.75, 3.05) is 13.1 Å². The van der Waals surface area contributed by atoms with Gasteiger partial charge in [-0.15, -0.1) is 5.10 Å². The molecular formula is C11H17N3O2S. The van der Waals surface area contributed by atoms with Gasteiger partial charge in [-0.05, 0) is 30.8 Å². The van der Waals surface area contributed by atoms with Gasteiger partial charge >= 0.3 is 0 Å². The highest BCUT2D eigenvalue weighted by atomic mass is 32.1. The Morgan fingerprint density at radius 3 is 2.82 bits per heavy atom. The first-order chi connectivity index (χ1) is 7.91. The second kappa shape index (κ2) is 4.34. The summed E-state index contributed by atoms with van der Waals surface area (Å²) < 4.78 is 3.85. The molecule has 0 spiro atoms. The van der Waals surface area contributed by atoms with Gasteiger partial charge in [0.05, 0.1) is 11.3 Å². The van der Waals surface area contributed by atoms with E-state index in [-0.39, 0.29) is 11.8 Å². The van der Waals surface area contributed by atoms with Gasteiger partial charge in [0.25, 0.3) is 5.91 Å². The largest absolute Gasteiger partial charge is 0.388 e. The molecule has 1 aromatic heterocycles. The molecule has 1 amide bonds. The Hall–Kier alpha value is -1.01. The standard InChI is InChI=1S/C11H17N3O2S/c1-7(2)8-9(17-13-12-8)10(15)14-5-4-11(3,16)6-14/h7,16H,4-6H2,1-3H3. The number of aliphatic hydroxyl groups is 1. The molecule has 1 aliphatic heterocycles. The number of likely N-dealkylation sites (tertiary alicyclic amines) is 1. The Labute approximate surface area is 105 Å². The summed E-state index contributed by atoms with van der Waals surface area (Å²) in [5.74, 6) is 0.136. The molecule has 6 heteroatoms. The summed E-state index contributed by atoms with van der Waals surface area (Å²) in [7, 11) is 0. The van der Waals surface area contributed by atoms with E-state index < -0.39 is 5.60 Å². The van der Waals surface area contributed by atoms with E-state index in [2.05, 4.69) is 9.59 Å². The summed E-state index contributed by atoms with van der Waals surface area (Å²) in [6.07, 6.45) is 0.627. The van der Waals surface area contributed by atoms with E-state index in [1.165, 1.54) is 0 Å². The molecule has 0 aromatic carbocycles. The molecule has 1 saturated heterocycles. The fourth-order valence-corrected chi connectivity index (χ4v) is 2.77. The highest BCUT2D eigenvalue weighted by molar-refractivity contribution is 7.08. The van der Waals surface area contributed by atoms with E-state index in [1.807, 2.05) is 13.8 Å². The van der Waals surface area contributed by atoms with Gasteiger partial charge in [0.15, 0.2) is 0 Å². The van der Waals surface area contributed by atoms with Crippen molar-refractivity contribution in [3.05, 3.63) is 10.6 Å². The zero-order chi connectivity index (χ0) is 12.6. The number of carbonyl (C=O) groups is 1. The Morgan fingerprint density at radius 1 is 1.59 bits per heavy atom. The lowest BCUT2D eigenvalue weighted by Gasteiger charge is -2.18. The van der Waals surface area contributed by atoms with Gasteiger partial charge in [-0.2, -0.15) is 0 Å². The maximum Gasteiger partial charge on any atom is 0.267 e. The van der Waals surface area contributed by atoms with Crippen LogP contribution in [0, 0.1) is 0 Å². The fraction of sp³-hybridized carbons (Fsp3) is 0.727. The molecule has 0 aliphatic carbocycles. The van der Waals surface area contributed by atoms with Crippen LogP contribution in [0.5, 0.6) is 0 Å². The van der Waals surface area contributed by atoms with Crippen LogP contribution in [0.4, 0.5) is 0 Å². The zero-order valence-electron chi connectivity index (χ0n) is 10.3. The Kier molecular flexibility index (Phi) is 3.18. The molecule has 5 nitrogen and oxygen atoms in total. The highest BCUT2D eigenvalue weighted by Crippen LogP contribution is 2.26. The van der Waals surface area contributed by atoms with Crippen molar-refractivity contribution >= 4 is 17.4 Å². The van der Waals surface area contributed by atoms with Gasteiger partial charge in [0, 0.05) is 13.1 Å². The van der Waals surface area contributed by atoms with Gasteiger partial charge < -0.3 is 10.0 Å². The number of carbonyl (C=O) groups excluding carboxylic acids is 1. The third-order valence-corrected chi connectivity index (χ3v) is 3.72. The number of amides is 1. The van der Waals surface area contributed by atoms with E-state index in [1.54, 1.807) is 11.8 Å². The summed E-state index contributed by atoms with van der Waals surface area (Å²) in [4.78, 5) is 14.6. The minimum absolute atomic E-state index is 0.0542. The molecule has 1 aliphatic rings. The van der Waals surface area contributed by atoms with Crippen molar-refractivity contribution < 1.29 is 9.90 Å². The number of hydrogen-bond donors (Lipinski definition) is 1. The summed E-state index contributed by atoms with van der Waals surface area (Å²) in [6, 6.07) is 0. The first-order valence-corrected chi connectivity index (χ1v) is 6.52. The lowest BCUT2D eigenvalue weighted by molar-refractivity contribution is 0.0574. The van der Waals surface area contributed by atoms with Gasteiger partial charge in [-0.25, -0.2) is 0 Å². The number of hydrogen-bond acceptors (Lipinski definition) is 5. The molecule has 0 bridgehead atoms. The van der Waals surface area contributed by atoms with Gasteiger partial charge in [0.2, 0.25) is 0 Å². The van der Waals surface area contributed by atoms with Crippen LogP contribution in [0.1, 0.15) is 48.5 Å². The van der Waals surface area contributed by atoms with E-state index >= 15 is 0 Å². The summed E-state index contributed by atoms with van der Waals surface area (Å²) >= 11 is 1.14. The normalized spacial score (nSPS) is 24.6. The summed E-state index contributed by atoms with van der Waals surface area (Å²) in [5, 5.41) is 13.9. The monoisotopic (exact) mass is 255 g/mol. The van der Waals surface area contributed by atoms with E-state index in [0.717, 1.165) is 17.2 Å². The first-order valence-electron chi connectivity index (χ1n) is 5.74. The summed E-state index contributed by atoms with van der Waals surface area (Å²) in [5.41, 5.74) is -0.00211. The fourth-order valence-electron chi connectivity index (χ4n) is 1.99. The van der Waals surface area contributed by atoms with Crippen LogP contribution < -0.4 is 0 Å². The highest BCUT2D eigenvalue weighted by Gasteiger charge is 2.36. The molecule has 0 saturated carbocycles. The van der Waals surface area contributed by atoms with E-state index in [9.17, 15) is 9.90 Å². The smallest absolute Gasteiger partial charge is 0.267 e. The van der Waals surface area contributed by atoms with Crippen molar-refractivity contribution in [3.8, 4) is 0 Å². The second-order valence-electron chi connectivity index (χ2n) is 5.12. The number of aromatic nitrogens is 2. The van der Waals surface area contributed by atoms with Crippen LogP contribution in [0.15, 0.2) is 0 Å². The van der Waals surface area contributed by atoms with Crippen molar-refractivity contribution in [1.82, 2.24) is 14.5 Å². The van der Waals surface area contributed by atoms with Crippen LogP contribution in [-0.4, -0.2) is 44.2 Å². The molecule has 2 heterocycles. The van der Waals surface area contributed by atoms with Crippen LogP contribution in [0.2, 0.25) is 0 Å². The van der Waals surface area contributed by atoms with Gasteiger partial charge in [-0.1, -0.05) is 18.3 Å². The Morgan fingerprint density at radius 2 is 2.29 bits per heavy atom. The Bertz CT molecular complexity index is 428. The van der Waals surface area contributed by atoms with E-state index in [4.69, 9.17) is 0 Å². The maximum atomic E-state index is 12.3. The zero-order valence-corrected chi connectivity index (χ0v) is 11.1. The third-order valence-electron chi connectivity index (χ3n) is 2.99. The van der Waals surface area contributed by atoms with Crippen LogP contribution in [0.3, 0.4) is 0 Å². The molecular weight excluding hydrogens is 238 g/mol. The topological polar surface area (TPSA) is 66.3 Å². The van der Waals surface area contributed by atoms with Crippen molar-refractivity contribution in [1.29, 1.82) is 0 Å². The molecule has 1 fully saturated rings. The van der Waals surface area contributed by atoms with Crippen molar-refractivity contribution in [2.24, 2.45) is 0 Å². The molecule has 2 rings (SSSR count). The van der Waals surface area contributed by atoms with Crippen LogP contribution in [-0.2, 0) is 0 Å². The quantitative estimate of drug-likeness (QED) is 0.864. The molecule has 1 unspecified atom stereocenters. The average molecular weight is 255 g/mol. The Balaban J connectivity index is 2.18. The SMILES string of the molecule is CC(C)c1nnsc1C(=O)N1CCC(C)(O)C1. The maximum absolute atomic E-state index is 12.3. The molecule has 1 N–H and O–H groups in total. The lowest BCUT2D eigenvalue weighted by atomic mass is 10.1. The molecule has 1 aromatic rings.